The number of para-hydroxylation sites is 2. The largest absolute Gasteiger partial charge is 0.310 e. The Labute approximate surface area is 395 Å². The van der Waals surface area contributed by atoms with Crippen LogP contribution in [0.2, 0.25) is 0 Å². The van der Waals surface area contributed by atoms with Gasteiger partial charge in [-0.2, -0.15) is 0 Å². The van der Waals surface area contributed by atoms with Crippen LogP contribution in [0.3, 0.4) is 0 Å². The Morgan fingerprint density at radius 2 is 0.621 bits per heavy atom. The molecule has 0 spiro atoms. The quantitative estimate of drug-likeness (QED) is 0.134. The molecule has 0 unspecified atom stereocenters. The van der Waals surface area contributed by atoms with Gasteiger partial charge in [-0.3, -0.25) is 0 Å². The molecule has 66 heavy (non-hydrogen) atoms. The Bertz CT molecular complexity index is 3340. The number of nitrogens with zero attached hydrogens (tertiary/aromatic N) is 3. The summed E-state index contributed by atoms with van der Waals surface area (Å²) in [5, 5.41) is 9.67. The zero-order valence-electron chi connectivity index (χ0n) is 37.5. The first-order chi connectivity index (χ1) is 32.3. The molecule has 11 aromatic carbocycles. The van der Waals surface area contributed by atoms with E-state index < -0.39 is 0 Å². The predicted molar refractivity (Wildman–Crippen MR) is 287 cm³/mol. The fourth-order valence-corrected chi connectivity index (χ4v) is 10.6. The highest BCUT2D eigenvalue weighted by atomic mass is 79.9. The van der Waals surface area contributed by atoms with Crippen LogP contribution in [-0.4, -0.2) is 0 Å². The van der Waals surface area contributed by atoms with Crippen molar-refractivity contribution in [1.82, 2.24) is 0 Å². The number of benzene rings is 11. The van der Waals surface area contributed by atoms with E-state index in [1.54, 1.807) is 0 Å². The van der Waals surface area contributed by atoms with Crippen LogP contribution in [0.5, 0.6) is 0 Å². The number of anilines is 9. The minimum absolute atomic E-state index is 0.959. The van der Waals surface area contributed by atoms with Crippen molar-refractivity contribution in [2.75, 3.05) is 14.7 Å². The molecule has 0 atom stereocenters. The molecule has 318 valence electrons. The summed E-state index contributed by atoms with van der Waals surface area (Å²) in [6.07, 6.45) is 0. The van der Waals surface area contributed by atoms with Crippen LogP contribution in [0.25, 0.3) is 43.1 Å². The summed E-state index contributed by atoms with van der Waals surface area (Å²) in [6, 6.07) is 80.0. The van der Waals surface area contributed by atoms with Crippen molar-refractivity contribution in [1.29, 1.82) is 0 Å². The summed E-state index contributed by atoms with van der Waals surface area (Å²) >= 11 is 4.45. The van der Waals surface area contributed by atoms with Gasteiger partial charge in [-0.25, -0.2) is 0 Å². The van der Waals surface area contributed by atoms with Crippen LogP contribution >= 0.6 is 15.9 Å². The molecule has 0 amide bonds. The van der Waals surface area contributed by atoms with E-state index in [0.717, 1.165) is 55.7 Å². The normalized spacial score (nSPS) is 11.4. The van der Waals surface area contributed by atoms with Gasteiger partial charge in [0.2, 0.25) is 0 Å². The topological polar surface area (TPSA) is 9.72 Å². The van der Waals surface area contributed by atoms with Crippen LogP contribution in [0.1, 0.15) is 22.3 Å². The van der Waals surface area contributed by atoms with Crippen LogP contribution in [0.15, 0.2) is 223 Å². The van der Waals surface area contributed by atoms with Crippen molar-refractivity contribution in [2.24, 2.45) is 0 Å². The van der Waals surface area contributed by atoms with Crippen molar-refractivity contribution in [3.63, 3.8) is 0 Å². The van der Waals surface area contributed by atoms with E-state index in [1.807, 2.05) is 0 Å². The SMILES string of the molecule is Cc1cc(C)cc(N(c2cc(N(c3ccccc3)c3ccccc3)cc(N(c3cc(C)cc(C)c3)c3cccc4c3ccc3ccccc34)c2Br)c2cccc3c2ccc2ccccc23)c1. The van der Waals surface area contributed by atoms with Crippen molar-refractivity contribution in [3.05, 3.63) is 245 Å². The second kappa shape index (κ2) is 17.0. The highest BCUT2D eigenvalue weighted by Crippen LogP contribution is 2.53. The van der Waals surface area contributed by atoms with Gasteiger partial charge in [-0.1, -0.05) is 146 Å². The highest BCUT2D eigenvalue weighted by molar-refractivity contribution is 9.10. The number of fused-ring (bicyclic) bond motifs is 6. The molecule has 0 saturated heterocycles. The summed E-state index contributed by atoms with van der Waals surface area (Å²) < 4.78 is 0.959. The van der Waals surface area contributed by atoms with E-state index in [1.165, 1.54) is 65.3 Å². The molecule has 0 fully saturated rings. The Morgan fingerprint density at radius 1 is 0.258 bits per heavy atom. The fraction of sp³-hybridized carbons (Fsp3) is 0.0645. The van der Waals surface area contributed by atoms with Gasteiger partial charge in [0, 0.05) is 33.5 Å². The lowest BCUT2D eigenvalue weighted by molar-refractivity contribution is 1.21. The van der Waals surface area contributed by atoms with Gasteiger partial charge in [0.25, 0.3) is 0 Å². The molecule has 11 rings (SSSR count). The maximum absolute atomic E-state index is 4.45. The number of aryl methyl sites for hydroxylation is 4. The fourth-order valence-electron chi connectivity index (χ4n) is 10.0. The average molecular weight is 915 g/mol. The molecule has 0 aliphatic rings. The zero-order chi connectivity index (χ0) is 44.9. The molecule has 0 aliphatic heterocycles. The monoisotopic (exact) mass is 913 g/mol. The summed E-state index contributed by atoms with van der Waals surface area (Å²) in [5.41, 5.74) is 14.3. The second-order valence-corrected chi connectivity index (χ2v) is 18.3. The van der Waals surface area contributed by atoms with Gasteiger partial charge in [0.15, 0.2) is 0 Å². The minimum Gasteiger partial charge on any atom is -0.310 e. The predicted octanol–water partition coefficient (Wildman–Crippen LogP) is 18.7. The number of rotatable bonds is 9. The molecule has 0 saturated carbocycles. The first-order valence-electron chi connectivity index (χ1n) is 22.6. The van der Waals surface area contributed by atoms with E-state index in [-0.39, 0.29) is 0 Å². The number of hydrogen-bond acceptors (Lipinski definition) is 3. The summed E-state index contributed by atoms with van der Waals surface area (Å²) in [5.74, 6) is 0. The van der Waals surface area contributed by atoms with Crippen molar-refractivity contribution >= 4 is 110 Å². The Balaban J connectivity index is 1.29. The third kappa shape index (κ3) is 7.43. The first kappa shape index (κ1) is 41.1. The lowest BCUT2D eigenvalue weighted by atomic mass is 9.98. The Morgan fingerprint density at radius 3 is 1.05 bits per heavy atom. The lowest BCUT2D eigenvalue weighted by Gasteiger charge is -2.35. The molecule has 3 nitrogen and oxygen atoms in total. The number of hydrogen-bond donors (Lipinski definition) is 0. The smallest absolute Gasteiger partial charge is 0.0658 e. The highest BCUT2D eigenvalue weighted by Gasteiger charge is 2.28. The van der Waals surface area contributed by atoms with Gasteiger partial charge in [0.05, 0.1) is 32.9 Å². The third-order valence-corrected chi connectivity index (χ3v) is 13.5. The van der Waals surface area contributed by atoms with E-state index in [2.05, 4.69) is 277 Å². The zero-order valence-corrected chi connectivity index (χ0v) is 39.1. The van der Waals surface area contributed by atoms with Gasteiger partial charge < -0.3 is 14.7 Å². The van der Waals surface area contributed by atoms with Gasteiger partial charge in [-0.15, -0.1) is 0 Å². The summed E-state index contributed by atoms with van der Waals surface area (Å²) in [4.78, 5) is 7.32. The minimum atomic E-state index is 0.959. The standard InChI is InChI=1S/C62H48BrN3/c1-41-33-42(2)36-49(35-41)65(58-27-15-25-54-52-23-13-11-17-45(52)29-31-56(54)58)60-39-51(64(47-19-7-5-8-20-47)48-21-9-6-10-22-48)40-61(62(60)63)66(50-37-43(3)34-44(4)38-50)59-28-16-26-55-53-24-14-12-18-46(53)30-32-57(55)59/h5-40H,1-4H3. The van der Waals surface area contributed by atoms with E-state index >= 15 is 0 Å². The molecule has 0 bridgehead atoms. The van der Waals surface area contributed by atoms with Gasteiger partial charge in [0.1, 0.15) is 0 Å². The molecule has 11 aromatic rings. The van der Waals surface area contributed by atoms with Crippen LogP contribution in [0.4, 0.5) is 51.2 Å². The summed E-state index contributed by atoms with van der Waals surface area (Å²) in [6.45, 7) is 8.78. The van der Waals surface area contributed by atoms with Crippen molar-refractivity contribution in [3.8, 4) is 0 Å². The van der Waals surface area contributed by atoms with Crippen LogP contribution in [0, 0.1) is 27.7 Å². The third-order valence-electron chi connectivity index (χ3n) is 12.7. The van der Waals surface area contributed by atoms with E-state index in [0.29, 0.717) is 0 Å². The van der Waals surface area contributed by atoms with Crippen LogP contribution < -0.4 is 14.7 Å². The maximum atomic E-state index is 4.45. The molecule has 0 radical (unpaired) electrons. The molecule has 0 aliphatic carbocycles. The Kier molecular flexibility index (Phi) is 10.6. The second-order valence-electron chi connectivity index (χ2n) is 17.5. The first-order valence-corrected chi connectivity index (χ1v) is 23.4. The lowest BCUT2D eigenvalue weighted by Crippen LogP contribution is -2.18. The van der Waals surface area contributed by atoms with Crippen LogP contribution in [-0.2, 0) is 0 Å². The average Bonchev–Trinajstić information content (AvgIpc) is 3.33. The van der Waals surface area contributed by atoms with Gasteiger partial charge >= 0.3 is 0 Å². The van der Waals surface area contributed by atoms with E-state index in [4.69, 9.17) is 0 Å². The van der Waals surface area contributed by atoms with Crippen molar-refractivity contribution < 1.29 is 0 Å². The Hall–Kier alpha value is -7.66. The molecule has 0 aromatic heterocycles. The maximum Gasteiger partial charge on any atom is 0.0658 e. The molecular formula is C62H48BrN3. The summed E-state index contributed by atoms with van der Waals surface area (Å²) in [7, 11) is 0. The van der Waals surface area contributed by atoms with E-state index in [9.17, 15) is 0 Å². The van der Waals surface area contributed by atoms with Crippen molar-refractivity contribution in [2.45, 2.75) is 27.7 Å². The molecule has 0 N–H and O–H groups in total. The molecule has 0 heterocycles. The molecule has 4 heteroatoms. The molecular weight excluding hydrogens is 867 g/mol. The van der Waals surface area contributed by atoms with Gasteiger partial charge in [-0.05, 0) is 171 Å². The number of halogens is 1.